The molecule has 1 aliphatic carbocycles. The standard InChI is InChI=1S/C22H21F2NO2/c1-2-22(16-8-12-18(23)13-9-16,17-10-14-19(24)15-11-17)25(21(26)27)20-6-4-3-5-7-20/h1,8-15,20H,3-7H2,(H,26,27)/p-1. The van der Waals surface area contributed by atoms with Crippen LogP contribution in [0.15, 0.2) is 48.5 Å². The van der Waals surface area contributed by atoms with Crippen LogP contribution < -0.4 is 5.11 Å². The Hall–Kier alpha value is -2.87. The molecule has 0 radical (unpaired) electrons. The third kappa shape index (κ3) is 3.52. The Bertz CT molecular complexity index is 789. The number of amides is 1. The van der Waals surface area contributed by atoms with Crippen molar-refractivity contribution in [3.63, 3.8) is 0 Å². The average molecular weight is 368 g/mol. The van der Waals surface area contributed by atoms with Gasteiger partial charge in [-0.25, -0.2) is 8.78 Å². The van der Waals surface area contributed by atoms with E-state index in [4.69, 9.17) is 6.42 Å². The molecule has 0 saturated heterocycles. The minimum absolute atomic E-state index is 0.324. The zero-order valence-corrected chi connectivity index (χ0v) is 14.8. The molecule has 1 aliphatic rings. The van der Waals surface area contributed by atoms with Gasteiger partial charge in [-0.3, -0.25) is 0 Å². The summed E-state index contributed by atoms with van der Waals surface area (Å²) in [4.78, 5) is 13.4. The Morgan fingerprint density at radius 3 is 1.78 bits per heavy atom. The van der Waals surface area contributed by atoms with Crippen molar-refractivity contribution in [1.29, 1.82) is 0 Å². The normalized spacial score (nSPS) is 15.1. The number of carbonyl (C=O) groups excluding carboxylic acids is 1. The highest BCUT2D eigenvalue weighted by molar-refractivity contribution is 5.68. The number of hydrogen-bond donors (Lipinski definition) is 0. The fraction of sp³-hybridized carbons (Fsp3) is 0.318. The number of halogens is 2. The minimum atomic E-state index is -1.53. The van der Waals surface area contributed by atoms with Crippen LogP contribution in [-0.2, 0) is 5.54 Å². The van der Waals surface area contributed by atoms with E-state index in [9.17, 15) is 18.7 Å². The van der Waals surface area contributed by atoms with Crippen LogP contribution in [0, 0.1) is 24.0 Å². The van der Waals surface area contributed by atoms with Crippen molar-refractivity contribution in [2.45, 2.75) is 43.7 Å². The van der Waals surface area contributed by atoms with Crippen LogP contribution in [0.2, 0.25) is 0 Å². The van der Waals surface area contributed by atoms with Crippen LogP contribution in [0.5, 0.6) is 0 Å². The lowest BCUT2D eigenvalue weighted by Crippen LogP contribution is -2.59. The maximum absolute atomic E-state index is 13.5. The highest BCUT2D eigenvalue weighted by Crippen LogP contribution is 2.40. The summed E-state index contributed by atoms with van der Waals surface area (Å²) in [5.41, 5.74) is -0.678. The number of nitrogens with zero attached hydrogens (tertiary/aromatic N) is 1. The van der Waals surface area contributed by atoms with E-state index in [1.54, 1.807) is 0 Å². The van der Waals surface area contributed by atoms with Crippen LogP contribution in [0.25, 0.3) is 0 Å². The van der Waals surface area contributed by atoms with Gasteiger partial charge in [0.05, 0.1) is 0 Å². The summed E-state index contributed by atoms with van der Waals surface area (Å²) in [5, 5.41) is 12.3. The number of carbonyl (C=O) groups is 1. The molecule has 0 aromatic heterocycles. The van der Waals surface area contributed by atoms with Gasteiger partial charge in [-0.1, -0.05) is 49.4 Å². The summed E-state index contributed by atoms with van der Waals surface area (Å²) >= 11 is 0. The highest BCUT2D eigenvalue weighted by Gasteiger charge is 2.43. The minimum Gasteiger partial charge on any atom is -0.530 e. The third-order valence-electron chi connectivity index (χ3n) is 5.23. The van der Waals surface area contributed by atoms with Crippen molar-refractivity contribution in [3.05, 3.63) is 71.3 Å². The van der Waals surface area contributed by atoms with Crippen molar-refractivity contribution in [3.8, 4) is 12.3 Å². The van der Waals surface area contributed by atoms with Crippen LogP contribution in [0.1, 0.15) is 43.2 Å². The molecule has 27 heavy (non-hydrogen) atoms. The van der Waals surface area contributed by atoms with Gasteiger partial charge in [0, 0.05) is 6.04 Å². The van der Waals surface area contributed by atoms with Crippen molar-refractivity contribution < 1.29 is 18.7 Å². The number of carboxylic acid groups (broad SMARTS) is 1. The van der Waals surface area contributed by atoms with E-state index in [0.29, 0.717) is 24.0 Å². The van der Waals surface area contributed by atoms with Crippen LogP contribution in [0.4, 0.5) is 13.6 Å². The molecule has 1 saturated carbocycles. The molecule has 2 aromatic carbocycles. The topological polar surface area (TPSA) is 43.4 Å². The second-order valence-corrected chi connectivity index (χ2v) is 6.80. The quantitative estimate of drug-likeness (QED) is 0.770. The Morgan fingerprint density at radius 2 is 1.41 bits per heavy atom. The number of benzene rings is 2. The number of terminal acetylenes is 1. The second-order valence-electron chi connectivity index (χ2n) is 6.80. The molecule has 1 fully saturated rings. The van der Waals surface area contributed by atoms with E-state index >= 15 is 0 Å². The predicted molar refractivity (Wildman–Crippen MR) is 96.5 cm³/mol. The van der Waals surface area contributed by atoms with Gasteiger partial charge in [0.25, 0.3) is 0 Å². The van der Waals surface area contributed by atoms with Gasteiger partial charge < -0.3 is 14.8 Å². The van der Waals surface area contributed by atoms with E-state index in [-0.39, 0.29) is 6.04 Å². The SMILES string of the molecule is C#CC(c1ccc(F)cc1)(c1ccc(F)cc1)N(C(=O)[O-])C1CCCCC1. The predicted octanol–water partition coefficient (Wildman–Crippen LogP) is 3.82. The van der Waals surface area contributed by atoms with E-state index in [1.165, 1.54) is 53.4 Å². The summed E-state index contributed by atoms with van der Waals surface area (Å²) in [6, 6.07) is 10.5. The molecule has 0 aliphatic heterocycles. The first-order chi connectivity index (χ1) is 13.0. The molecular weight excluding hydrogens is 348 g/mol. The first kappa shape index (κ1) is 18.9. The zero-order chi connectivity index (χ0) is 19.4. The Morgan fingerprint density at radius 1 is 0.963 bits per heavy atom. The van der Waals surface area contributed by atoms with Gasteiger partial charge in [0.15, 0.2) is 5.54 Å². The molecule has 0 heterocycles. The fourth-order valence-electron chi connectivity index (χ4n) is 3.96. The van der Waals surface area contributed by atoms with E-state index in [2.05, 4.69) is 5.92 Å². The van der Waals surface area contributed by atoms with Crippen molar-refractivity contribution in [1.82, 2.24) is 4.90 Å². The summed E-state index contributed by atoms with van der Waals surface area (Å²) < 4.78 is 27.0. The maximum Gasteiger partial charge on any atom is 0.154 e. The van der Waals surface area contributed by atoms with Gasteiger partial charge in [-0.05, 0) is 48.2 Å². The van der Waals surface area contributed by atoms with Gasteiger partial charge in [-0.15, -0.1) is 6.42 Å². The summed E-state index contributed by atoms with van der Waals surface area (Å²) in [6.45, 7) is 0. The molecule has 0 N–H and O–H groups in total. The van der Waals surface area contributed by atoms with E-state index in [1.807, 2.05) is 0 Å². The number of rotatable bonds is 4. The first-order valence-corrected chi connectivity index (χ1v) is 8.99. The third-order valence-corrected chi connectivity index (χ3v) is 5.23. The Kier molecular flexibility index (Phi) is 5.46. The first-order valence-electron chi connectivity index (χ1n) is 8.99. The van der Waals surface area contributed by atoms with Crippen LogP contribution in [0.3, 0.4) is 0 Å². The maximum atomic E-state index is 13.5. The monoisotopic (exact) mass is 368 g/mol. The lowest BCUT2D eigenvalue weighted by atomic mass is 9.79. The molecule has 3 rings (SSSR count). The molecule has 0 atom stereocenters. The Labute approximate surface area is 157 Å². The van der Waals surface area contributed by atoms with Gasteiger partial charge in [0.1, 0.15) is 17.7 Å². The molecular formula is C22H20F2NO2-. The van der Waals surface area contributed by atoms with Crippen molar-refractivity contribution >= 4 is 6.09 Å². The molecule has 3 nitrogen and oxygen atoms in total. The fourth-order valence-corrected chi connectivity index (χ4v) is 3.96. The van der Waals surface area contributed by atoms with E-state index in [0.717, 1.165) is 19.3 Å². The lowest BCUT2D eigenvalue weighted by molar-refractivity contribution is -0.273. The van der Waals surface area contributed by atoms with Gasteiger partial charge in [0.2, 0.25) is 0 Å². The summed E-state index contributed by atoms with van der Waals surface area (Å²) in [6.07, 6.45) is 8.68. The van der Waals surface area contributed by atoms with Gasteiger partial charge in [-0.2, -0.15) is 0 Å². The van der Waals surface area contributed by atoms with Gasteiger partial charge >= 0.3 is 0 Å². The molecule has 0 bridgehead atoms. The molecule has 5 heteroatoms. The smallest absolute Gasteiger partial charge is 0.154 e. The Balaban J connectivity index is 2.23. The molecule has 2 aromatic rings. The molecule has 1 amide bonds. The lowest BCUT2D eigenvalue weighted by Gasteiger charge is -2.48. The van der Waals surface area contributed by atoms with Crippen LogP contribution in [-0.4, -0.2) is 17.0 Å². The average Bonchev–Trinajstić information content (AvgIpc) is 2.68. The number of hydrogen-bond acceptors (Lipinski definition) is 2. The highest BCUT2D eigenvalue weighted by atomic mass is 19.1. The zero-order valence-electron chi connectivity index (χ0n) is 14.8. The van der Waals surface area contributed by atoms with Crippen molar-refractivity contribution in [2.24, 2.45) is 0 Å². The van der Waals surface area contributed by atoms with E-state index < -0.39 is 23.3 Å². The molecule has 140 valence electrons. The second kappa shape index (κ2) is 7.79. The summed E-state index contributed by atoms with van der Waals surface area (Å²) in [5.74, 6) is 1.71. The van der Waals surface area contributed by atoms with Crippen molar-refractivity contribution in [2.75, 3.05) is 0 Å². The molecule has 0 spiro atoms. The summed E-state index contributed by atoms with van der Waals surface area (Å²) in [7, 11) is 0. The largest absolute Gasteiger partial charge is 0.530 e. The molecule has 0 unspecified atom stereocenters. The van der Waals surface area contributed by atoms with Crippen LogP contribution >= 0.6 is 0 Å².